The molecule has 0 spiro atoms. The molecule has 2 bridgehead atoms. The molecule has 3 aromatic rings. The first kappa shape index (κ1) is 24.2. The van der Waals surface area contributed by atoms with Gasteiger partial charge in [0.05, 0.1) is 5.69 Å². The Morgan fingerprint density at radius 1 is 0.865 bits per heavy atom. The first-order valence-electron chi connectivity index (χ1n) is 13.6. The van der Waals surface area contributed by atoms with Gasteiger partial charge >= 0.3 is 0 Å². The standard InChI is InChI=1S/C30H36N4O3/c1-31-25(19-33-16-21-14-24(18-33)26-8-5-9-29(36)34(26)17-21)15-28(35)30(37)27(31)20-32-12-10-23(11-13-32)22-6-3-2-4-7-22/h2-9,15,21,23-24,37H,10-14,16-20H2,1H3/t21-,24+/m0/s1. The highest BCUT2D eigenvalue weighted by molar-refractivity contribution is 5.30. The van der Waals surface area contributed by atoms with E-state index in [1.807, 2.05) is 22.2 Å². The van der Waals surface area contributed by atoms with Crippen LogP contribution in [-0.2, 0) is 26.7 Å². The number of rotatable bonds is 5. The van der Waals surface area contributed by atoms with E-state index in [4.69, 9.17) is 0 Å². The highest BCUT2D eigenvalue weighted by atomic mass is 16.3. The van der Waals surface area contributed by atoms with Crippen LogP contribution in [-0.4, -0.2) is 50.2 Å². The first-order chi connectivity index (χ1) is 18.0. The molecule has 0 amide bonds. The van der Waals surface area contributed by atoms with Gasteiger partial charge in [0.2, 0.25) is 5.43 Å². The molecule has 2 fully saturated rings. The number of likely N-dealkylation sites (tertiary alicyclic amines) is 2. The zero-order chi connectivity index (χ0) is 25.5. The third-order valence-electron chi connectivity index (χ3n) is 8.81. The van der Waals surface area contributed by atoms with E-state index in [2.05, 4.69) is 46.2 Å². The lowest BCUT2D eigenvalue weighted by Gasteiger charge is -2.43. The molecule has 6 rings (SSSR count). The molecule has 7 heteroatoms. The largest absolute Gasteiger partial charge is 0.503 e. The van der Waals surface area contributed by atoms with Gasteiger partial charge in [-0.1, -0.05) is 36.4 Å². The van der Waals surface area contributed by atoms with Crippen LogP contribution in [0, 0.1) is 5.92 Å². The maximum Gasteiger partial charge on any atom is 0.250 e. The summed E-state index contributed by atoms with van der Waals surface area (Å²) in [5, 5.41) is 10.7. The van der Waals surface area contributed by atoms with Gasteiger partial charge in [-0.05, 0) is 55.8 Å². The third kappa shape index (κ3) is 4.78. The number of hydrogen-bond donors (Lipinski definition) is 1. The molecule has 194 valence electrons. The van der Waals surface area contributed by atoms with E-state index in [0.717, 1.165) is 63.4 Å². The van der Waals surface area contributed by atoms with E-state index in [1.54, 1.807) is 12.1 Å². The van der Waals surface area contributed by atoms with E-state index in [1.165, 1.54) is 5.56 Å². The predicted molar refractivity (Wildman–Crippen MR) is 144 cm³/mol. The third-order valence-corrected chi connectivity index (χ3v) is 8.81. The Balaban J connectivity index is 1.16. The fourth-order valence-corrected chi connectivity index (χ4v) is 6.84. The molecule has 0 saturated carbocycles. The SMILES string of the molecule is Cn1c(CN2C[C@@H]3C[C@H](C2)c2cccc(=O)n2C3)cc(=O)c(O)c1CN1CCC(c2ccccc2)CC1. The van der Waals surface area contributed by atoms with Crippen LogP contribution in [0.2, 0.25) is 0 Å². The van der Waals surface area contributed by atoms with Gasteiger partial charge in [-0.3, -0.25) is 19.4 Å². The number of hydrogen-bond acceptors (Lipinski definition) is 5. The number of pyridine rings is 2. The molecule has 1 aromatic carbocycles. The maximum atomic E-state index is 12.8. The van der Waals surface area contributed by atoms with Crippen molar-refractivity contribution in [2.24, 2.45) is 13.0 Å². The van der Waals surface area contributed by atoms with Crippen molar-refractivity contribution < 1.29 is 5.11 Å². The van der Waals surface area contributed by atoms with Crippen molar-refractivity contribution in [3.63, 3.8) is 0 Å². The van der Waals surface area contributed by atoms with Gasteiger partial charge in [0.1, 0.15) is 0 Å². The molecule has 0 unspecified atom stereocenters. The summed E-state index contributed by atoms with van der Waals surface area (Å²) < 4.78 is 3.98. The second-order valence-corrected chi connectivity index (χ2v) is 11.2. The number of aromatic nitrogens is 2. The van der Waals surface area contributed by atoms with Crippen LogP contribution < -0.4 is 11.0 Å². The van der Waals surface area contributed by atoms with Crippen LogP contribution in [0.1, 0.15) is 53.7 Å². The van der Waals surface area contributed by atoms with Gasteiger partial charge < -0.3 is 14.2 Å². The maximum absolute atomic E-state index is 12.8. The number of fused-ring (bicyclic) bond motifs is 4. The van der Waals surface area contributed by atoms with E-state index in [0.29, 0.717) is 36.5 Å². The Morgan fingerprint density at radius 2 is 1.65 bits per heavy atom. The minimum Gasteiger partial charge on any atom is -0.503 e. The number of nitrogens with zero attached hydrogens (tertiary/aromatic N) is 4. The van der Waals surface area contributed by atoms with Crippen LogP contribution >= 0.6 is 0 Å². The summed E-state index contributed by atoms with van der Waals surface area (Å²) in [5.41, 5.74) is 3.97. The van der Waals surface area contributed by atoms with Gasteiger partial charge in [0, 0.05) is 69.2 Å². The minimum atomic E-state index is -0.295. The van der Waals surface area contributed by atoms with Crippen molar-refractivity contribution in [3.8, 4) is 5.75 Å². The van der Waals surface area contributed by atoms with Gasteiger partial charge in [-0.2, -0.15) is 0 Å². The van der Waals surface area contributed by atoms with Crippen molar-refractivity contribution >= 4 is 0 Å². The number of piperidine rings is 2. The molecule has 37 heavy (non-hydrogen) atoms. The second-order valence-electron chi connectivity index (χ2n) is 11.2. The molecule has 0 radical (unpaired) electrons. The molecule has 2 aromatic heterocycles. The zero-order valence-electron chi connectivity index (χ0n) is 21.6. The first-order valence-corrected chi connectivity index (χ1v) is 13.6. The average Bonchev–Trinajstić information content (AvgIpc) is 2.91. The van der Waals surface area contributed by atoms with Crippen molar-refractivity contribution in [2.45, 2.75) is 50.7 Å². The van der Waals surface area contributed by atoms with Gasteiger partial charge in [0.25, 0.3) is 5.56 Å². The van der Waals surface area contributed by atoms with Crippen LogP contribution in [0.15, 0.2) is 64.2 Å². The van der Waals surface area contributed by atoms with Crippen LogP contribution in [0.3, 0.4) is 0 Å². The highest BCUT2D eigenvalue weighted by Gasteiger charge is 2.34. The van der Waals surface area contributed by atoms with E-state index < -0.39 is 0 Å². The lowest BCUT2D eigenvalue weighted by atomic mass is 9.83. The minimum absolute atomic E-state index is 0.0963. The van der Waals surface area contributed by atoms with Crippen molar-refractivity contribution in [3.05, 3.63) is 97.8 Å². The fourth-order valence-electron chi connectivity index (χ4n) is 6.84. The van der Waals surface area contributed by atoms with Gasteiger partial charge in [-0.15, -0.1) is 0 Å². The topological polar surface area (TPSA) is 70.7 Å². The molecular weight excluding hydrogens is 464 g/mol. The molecule has 2 atom stereocenters. The van der Waals surface area contributed by atoms with E-state index >= 15 is 0 Å². The van der Waals surface area contributed by atoms with Gasteiger partial charge in [0.15, 0.2) is 5.75 Å². The smallest absolute Gasteiger partial charge is 0.250 e. The molecule has 3 aliphatic rings. The van der Waals surface area contributed by atoms with E-state index in [-0.39, 0.29) is 16.7 Å². The zero-order valence-corrected chi connectivity index (χ0v) is 21.6. The summed E-state index contributed by atoms with van der Waals surface area (Å²) >= 11 is 0. The highest BCUT2D eigenvalue weighted by Crippen LogP contribution is 2.35. The number of aromatic hydroxyl groups is 1. The molecule has 1 N–H and O–H groups in total. The Kier molecular flexibility index (Phi) is 6.51. The lowest BCUT2D eigenvalue weighted by Crippen LogP contribution is -2.47. The summed E-state index contributed by atoms with van der Waals surface area (Å²) in [4.78, 5) is 29.9. The van der Waals surface area contributed by atoms with Crippen molar-refractivity contribution in [1.29, 1.82) is 0 Å². The summed E-state index contributed by atoms with van der Waals surface area (Å²) in [5.74, 6) is 1.22. The van der Waals surface area contributed by atoms with Crippen molar-refractivity contribution in [1.82, 2.24) is 18.9 Å². The van der Waals surface area contributed by atoms with Crippen LogP contribution in [0.4, 0.5) is 0 Å². The predicted octanol–water partition coefficient (Wildman–Crippen LogP) is 3.25. The lowest BCUT2D eigenvalue weighted by molar-refractivity contribution is 0.112. The molecule has 2 saturated heterocycles. The van der Waals surface area contributed by atoms with Crippen LogP contribution in [0.5, 0.6) is 5.75 Å². The molecular formula is C30H36N4O3. The molecule has 3 aliphatic heterocycles. The number of benzene rings is 1. The Bertz CT molecular complexity index is 1390. The van der Waals surface area contributed by atoms with E-state index in [9.17, 15) is 14.7 Å². The fraction of sp³-hybridized carbons (Fsp3) is 0.467. The molecule has 5 heterocycles. The van der Waals surface area contributed by atoms with Gasteiger partial charge in [-0.25, -0.2) is 0 Å². The summed E-state index contributed by atoms with van der Waals surface area (Å²) in [6.07, 6.45) is 3.28. The normalized spacial score (nSPS) is 22.6. The Morgan fingerprint density at radius 3 is 2.43 bits per heavy atom. The van der Waals surface area contributed by atoms with Crippen LogP contribution in [0.25, 0.3) is 0 Å². The summed E-state index contributed by atoms with van der Waals surface area (Å²) in [6.45, 7) is 5.69. The quantitative estimate of drug-likeness (QED) is 0.583. The molecule has 7 nitrogen and oxygen atoms in total. The van der Waals surface area contributed by atoms with Crippen molar-refractivity contribution in [2.75, 3.05) is 26.2 Å². The second kappa shape index (κ2) is 9.95. The summed E-state index contributed by atoms with van der Waals surface area (Å²) in [7, 11) is 1.97. The monoisotopic (exact) mass is 500 g/mol. The summed E-state index contributed by atoms with van der Waals surface area (Å²) in [6, 6.07) is 17.9. The molecule has 0 aliphatic carbocycles. The average molecular weight is 501 g/mol. The Labute approximate surface area is 217 Å². The Hall–Kier alpha value is -3.16.